The average molecular weight is 349 g/mol. The number of aromatic amines is 1. The number of hydrogen-bond acceptors (Lipinski definition) is 7. The molecule has 0 radical (unpaired) electrons. The molecule has 0 spiro atoms. The van der Waals surface area contributed by atoms with E-state index >= 15 is 0 Å². The minimum Gasteiger partial charge on any atom is -0.507 e. The van der Waals surface area contributed by atoms with Crippen molar-refractivity contribution in [2.75, 3.05) is 18.0 Å². The van der Waals surface area contributed by atoms with E-state index in [1.165, 1.54) is 12.8 Å². The fourth-order valence-corrected chi connectivity index (χ4v) is 3.83. The third-order valence-electron chi connectivity index (χ3n) is 5.15. The van der Waals surface area contributed by atoms with Crippen LogP contribution in [-0.4, -0.2) is 55.7 Å². The predicted octanol–water partition coefficient (Wildman–Crippen LogP) is 1.57. The van der Waals surface area contributed by atoms with Crippen LogP contribution in [0.1, 0.15) is 12.8 Å². The van der Waals surface area contributed by atoms with Crippen molar-refractivity contribution in [3.8, 4) is 28.1 Å². The first-order chi connectivity index (χ1) is 12.8. The Bertz CT molecular complexity index is 898. The maximum absolute atomic E-state index is 10.4. The molecule has 2 aliphatic heterocycles. The van der Waals surface area contributed by atoms with E-state index in [0.29, 0.717) is 29.3 Å². The second-order valence-electron chi connectivity index (χ2n) is 6.91. The zero-order valence-electron chi connectivity index (χ0n) is 14.1. The summed E-state index contributed by atoms with van der Waals surface area (Å²) in [5.41, 5.74) is 2.97. The Hall–Kier alpha value is -3.00. The number of H-pyrrole nitrogens is 1. The lowest BCUT2D eigenvalue weighted by Gasteiger charge is -2.32. The highest BCUT2D eigenvalue weighted by molar-refractivity contribution is 5.73. The van der Waals surface area contributed by atoms with Gasteiger partial charge in [0.1, 0.15) is 11.4 Å². The molecule has 132 valence electrons. The third-order valence-corrected chi connectivity index (χ3v) is 5.15. The Morgan fingerprint density at radius 3 is 2.54 bits per heavy atom. The molecule has 0 amide bonds. The number of anilines is 1. The largest absolute Gasteiger partial charge is 0.507 e. The molecule has 2 unspecified atom stereocenters. The van der Waals surface area contributed by atoms with Crippen molar-refractivity contribution in [2.24, 2.45) is 0 Å². The summed E-state index contributed by atoms with van der Waals surface area (Å²) in [4.78, 5) is 6.68. The summed E-state index contributed by atoms with van der Waals surface area (Å²) < 4.78 is 0. The Morgan fingerprint density at radius 2 is 1.88 bits per heavy atom. The number of benzene rings is 1. The van der Waals surface area contributed by atoms with Crippen LogP contribution in [-0.2, 0) is 0 Å². The van der Waals surface area contributed by atoms with Gasteiger partial charge in [0, 0.05) is 42.5 Å². The Morgan fingerprint density at radius 1 is 1.04 bits per heavy atom. The smallest absolute Gasteiger partial charge is 0.245 e. The molecule has 4 heterocycles. The molecule has 0 saturated carbocycles. The van der Waals surface area contributed by atoms with Crippen molar-refractivity contribution < 1.29 is 5.11 Å². The van der Waals surface area contributed by atoms with E-state index in [1.54, 1.807) is 24.7 Å². The van der Waals surface area contributed by atoms with E-state index in [-0.39, 0.29) is 5.75 Å². The summed E-state index contributed by atoms with van der Waals surface area (Å²) in [6.45, 7) is 1.84. The summed E-state index contributed by atoms with van der Waals surface area (Å²) in [6, 6.07) is 6.49. The first kappa shape index (κ1) is 15.3. The molecule has 2 bridgehead atoms. The van der Waals surface area contributed by atoms with Crippen LogP contribution in [0.15, 0.2) is 36.8 Å². The molecule has 8 nitrogen and oxygen atoms in total. The molecule has 0 aliphatic carbocycles. The fraction of sp³-hybridized carbons (Fsp3) is 0.333. The monoisotopic (exact) mass is 349 g/mol. The molecule has 2 saturated heterocycles. The van der Waals surface area contributed by atoms with Crippen LogP contribution < -0.4 is 10.2 Å². The maximum Gasteiger partial charge on any atom is 0.245 e. The first-order valence-corrected chi connectivity index (χ1v) is 8.79. The summed E-state index contributed by atoms with van der Waals surface area (Å²) in [5, 5.41) is 29.3. The molecule has 2 aromatic heterocycles. The van der Waals surface area contributed by atoms with Gasteiger partial charge in [0.15, 0.2) is 0 Å². The highest BCUT2D eigenvalue weighted by Crippen LogP contribution is 2.32. The third kappa shape index (κ3) is 2.68. The number of phenolic OH excluding ortho intramolecular Hbond substituents is 1. The maximum atomic E-state index is 10.4. The van der Waals surface area contributed by atoms with Crippen LogP contribution in [0, 0.1) is 0 Å². The van der Waals surface area contributed by atoms with Gasteiger partial charge >= 0.3 is 0 Å². The van der Waals surface area contributed by atoms with E-state index < -0.39 is 0 Å². The second kappa shape index (κ2) is 6.06. The van der Waals surface area contributed by atoms with Crippen molar-refractivity contribution in [1.82, 2.24) is 30.7 Å². The van der Waals surface area contributed by atoms with Crippen LogP contribution in [0.2, 0.25) is 0 Å². The molecule has 1 aromatic carbocycles. The van der Waals surface area contributed by atoms with Gasteiger partial charge in [0.25, 0.3) is 0 Å². The van der Waals surface area contributed by atoms with Crippen LogP contribution in [0.5, 0.6) is 5.75 Å². The van der Waals surface area contributed by atoms with E-state index in [2.05, 4.69) is 35.6 Å². The number of aromatic hydroxyl groups is 1. The van der Waals surface area contributed by atoms with Crippen molar-refractivity contribution >= 4 is 5.95 Å². The number of fused-ring (bicyclic) bond motifs is 2. The van der Waals surface area contributed by atoms with Gasteiger partial charge < -0.3 is 15.3 Å². The van der Waals surface area contributed by atoms with Crippen LogP contribution in [0.4, 0.5) is 5.95 Å². The summed E-state index contributed by atoms with van der Waals surface area (Å²) >= 11 is 0. The SMILES string of the molecule is Oc1cc(-c2cn[nH]c2)ccc1-c1cnc(N2CC3CCC(C2)N3)nn1. The van der Waals surface area contributed by atoms with Crippen molar-refractivity contribution in [2.45, 2.75) is 24.9 Å². The number of piperazine rings is 1. The highest BCUT2D eigenvalue weighted by Gasteiger charge is 2.33. The van der Waals surface area contributed by atoms with E-state index in [4.69, 9.17) is 0 Å². The number of hydrogen-bond donors (Lipinski definition) is 3. The first-order valence-electron chi connectivity index (χ1n) is 8.79. The lowest BCUT2D eigenvalue weighted by Crippen LogP contribution is -2.51. The second-order valence-corrected chi connectivity index (χ2v) is 6.91. The number of rotatable bonds is 3. The fourth-order valence-electron chi connectivity index (χ4n) is 3.83. The van der Waals surface area contributed by atoms with Gasteiger partial charge in [0.2, 0.25) is 5.95 Å². The molecule has 8 heteroatoms. The van der Waals surface area contributed by atoms with Gasteiger partial charge in [-0.2, -0.15) is 5.10 Å². The van der Waals surface area contributed by atoms with E-state index in [0.717, 1.165) is 24.2 Å². The molecular weight excluding hydrogens is 330 g/mol. The molecular formula is C18H19N7O. The molecule has 2 aliphatic rings. The molecule has 3 N–H and O–H groups in total. The van der Waals surface area contributed by atoms with Gasteiger partial charge in [0.05, 0.1) is 12.4 Å². The minimum absolute atomic E-state index is 0.146. The molecule has 5 rings (SSSR count). The van der Waals surface area contributed by atoms with Crippen molar-refractivity contribution in [1.29, 1.82) is 0 Å². The molecule has 2 fully saturated rings. The predicted molar refractivity (Wildman–Crippen MR) is 96.7 cm³/mol. The Kier molecular flexibility index (Phi) is 3.56. The zero-order valence-corrected chi connectivity index (χ0v) is 14.1. The topological polar surface area (TPSA) is 103 Å². The van der Waals surface area contributed by atoms with E-state index in [1.807, 2.05) is 12.1 Å². The number of phenols is 1. The molecule has 3 aromatic rings. The van der Waals surface area contributed by atoms with Gasteiger partial charge in [-0.3, -0.25) is 5.10 Å². The number of nitrogens with zero attached hydrogens (tertiary/aromatic N) is 5. The lowest BCUT2D eigenvalue weighted by atomic mass is 10.0. The Labute approximate surface area is 150 Å². The minimum atomic E-state index is 0.146. The van der Waals surface area contributed by atoms with E-state index in [9.17, 15) is 5.11 Å². The molecule has 2 atom stereocenters. The zero-order chi connectivity index (χ0) is 17.5. The van der Waals surface area contributed by atoms with Crippen molar-refractivity contribution in [3.05, 3.63) is 36.8 Å². The molecule has 26 heavy (non-hydrogen) atoms. The summed E-state index contributed by atoms with van der Waals surface area (Å²) in [7, 11) is 0. The summed E-state index contributed by atoms with van der Waals surface area (Å²) in [5.74, 6) is 0.800. The van der Waals surface area contributed by atoms with Gasteiger partial charge in [-0.15, -0.1) is 10.2 Å². The van der Waals surface area contributed by atoms with Crippen LogP contribution in [0.25, 0.3) is 22.4 Å². The van der Waals surface area contributed by atoms with Crippen molar-refractivity contribution in [3.63, 3.8) is 0 Å². The quantitative estimate of drug-likeness (QED) is 0.659. The highest BCUT2D eigenvalue weighted by atomic mass is 16.3. The van der Waals surface area contributed by atoms with Crippen LogP contribution >= 0.6 is 0 Å². The van der Waals surface area contributed by atoms with Gasteiger partial charge in [-0.1, -0.05) is 6.07 Å². The number of aromatic nitrogens is 5. The number of nitrogens with one attached hydrogen (secondary N) is 2. The van der Waals surface area contributed by atoms with Crippen LogP contribution in [0.3, 0.4) is 0 Å². The van der Waals surface area contributed by atoms with Gasteiger partial charge in [-0.25, -0.2) is 4.98 Å². The summed E-state index contributed by atoms with van der Waals surface area (Å²) in [6.07, 6.45) is 7.60. The Balaban J connectivity index is 1.39. The standard InChI is InChI=1S/C18H19N7O/c26-17-5-11(12-6-20-21-7-12)1-4-15(17)16-8-19-18(24-23-16)25-9-13-2-3-14(10-25)22-13/h1,4-8,13-14,22,26H,2-3,9-10H2,(H,20,21). The van der Waals surface area contributed by atoms with Gasteiger partial charge in [-0.05, 0) is 30.5 Å². The lowest BCUT2D eigenvalue weighted by molar-refractivity contribution is 0.459. The normalized spacial score (nSPS) is 21.9. The average Bonchev–Trinajstić information content (AvgIpc) is 3.32.